The molecule has 178 valence electrons. The first-order valence-corrected chi connectivity index (χ1v) is 11.5. The van der Waals surface area contributed by atoms with Crippen molar-refractivity contribution in [3.05, 3.63) is 88.9 Å². The highest BCUT2D eigenvalue weighted by molar-refractivity contribution is 6.31. The van der Waals surface area contributed by atoms with Crippen molar-refractivity contribution in [2.75, 3.05) is 20.8 Å². The van der Waals surface area contributed by atoms with E-state index in [2.05, 4.69) is 0 Å². The van der Waals surface area contributed by atoms with Gasteiger partial charge in [-0.15, -0.1) is 0 Å². The van der Waals surface area contributed by atoms with Gasteiger partial charge < -0.3 is 19.7 Å². The molecule has 0 spiro atoms. The van der Waals surface area contributed by atoms with Crippen LogP contribution in [0.15, 0.2) is 72.8 Å². The van der Waals surface area contributed by atoms with E-state index < -0.39 is 24.3 Å². The summed E-state index contributed by atoms with van der Waals surface area (Å²) in [5.41, 5.74) is 3.24. The number of nitrogens with zero attached hydrogens (tertiary/aromatic N) is 1. The summed E-state index contributed by atoms with van der Waals surface area (Å²) < 4.78 is 10.9. The molecular formula is C27H28ClNO5. The molecule has 1 heterocycles. The quantitative estimate of drug-likeness (QED) is 0.462. The lowest BCUT2D eigenvalue weighted by atomic mass is 9.93. The van der Waals surface area contributed by atoms with Gasteiger partial charge in [0.1, 0.15) is 18.0 Å². The predicted octanol–water partition coefficient (Wildman–Crippen LogP) is 5.17. The van der Waals surface area contributed by atoms with Crippen LogP contribution in [0.2, 0.25) is 5.02 Å². The fraction of sp³-hybridized carbons (Fsp3) is 0.296. The minimum Gasteiger partial charge on any atom is -0.496 e. The minimum absolute atomic E-state index is 0.145. The average Bonchev–Trinajstić information content (AvgIpc) is 3.23. The second-order valence-corrected chi connectivity index (χ2v) is 8.82. The summed E-state index contributed by atoms with van der Waals surface area (Å²) in [4.78, 5) is 13.9. The summed E-state index contributed by atoms with van der Waals surface area (Å²) in [5, 5.41) is 22.0. The number of methoxy groups -OCH3 is 2. The van der Waals surface area contributed by atoms with E-state index in [1.807, 2.05) is 66.7 Å². The molecule has 3 aromatic rings. The first kappa shape index (κ1) is 24.2. The largest absolute Gasteiger partial charge is 0.496 e. The number of para-hydroxylation sites is 1. The molecule has 0 radical (unpaired) electrons. The molecule has 34 heavy (non-hydrogen) atoms. The van der Waals surface area contributed by atoms with Crippen LogP contribution in [0.3, 0.4) is 0 Å². The summed E-state index contributed by atoms with van der Waals surface area (Å²) in [6.45, 7) is 0.357. The number of aliphatic carboxylic acids is 1. The van der Waals surface area contributed by atoms with Crippen molar-refractivity contribution in [1.29, 1.82) is 0 Å². The molecule has 4 atom stereocenters. The molecule has 4 rings (SSSR count). The number of likely N-dealkylation sites (tertiary alicyclic amines) is 1. The third kappa shape index (κ3) is 4.68. The molecule has 1 aliphatic rings. The molecule has 2 N–H and O–H groups in total. The summed E-state index contributed by atoms with van der Waals surface area (Å²) in [6, 6.07) is 21.2. The van der Waals surface area contributed by atoms with Crippen LogP contribution in [-0.2, 0) is 9.53 Å². The molecule has 1 aliphatic heterocycles. The standard InChI is InChI=1S/C27H28ClNO5/c1-33-16-19-15-23(27(31)32)29(25(19)21-8-3-5-9-22(21)28)26(30)18-13-11-17(12-14-18)20-7-4-6-10-24(20)34-2/h3-14,19,23,25-26,30H,15-16H2,1-2H3,(H,31,32)/t19-,23+,25-,26?/m1/s1. The second-order valence-electron chi connectivity index (χ2n) is 8.41. The number of aliphatic hydroxyl groups excluding tert-OH is 1. The zero-order chi connectivity index (χ0) is 24.2. The van der Waals surface area contributed by atoms with Crippen LogP contribution in [0.5, 0.6) is 5.75 Å². The van der Waals surface area contributed by atoms with Gasteiger partial charge in [0.25, 0.3) is 0 Å². The molecule has 0 amide bonds. The smallest absolute Gasteiger partial charge is 0.321 e. The first-order chi connectivity index (χ1) is 16.5. The van der Waals surface area contributed by atoms with Crippen molar-refractivity contribution in [1.82, 2.24) is 4.90 Å². The number of hydrogen-bond acceptors (Lipinski definition) is 5. The molecule has 0 aliphatic carbocycles. The first-order valence-electron chi connectivity index (χ1n) is 11.1. The third-order valence-corrected chi connectivity index (χ3v) is 6.80. The van der Waals surface area contributed by atoms with E-state index >= 15 is 0 Å². The van der Waals surface area contributed by atoms with Crippen molar-refractivity contribution in [2.45, 2.75) is 24.7 Å². The third-order valence-electron chi connectivity index (χ3n) is 6.45. The van der Waals surface area contributed by atoms with Crippen LogP contribution in [-0.4, -0.2) is 48.0 Å². The Morgan fingerprint density at radius 1 is 1.06 bits per heavy atom. The Kier molecular flexibility index (Phi) is 7.54. The maximum atomic E-state index is 12.2. The average molecular weight is 482 g/mol. The van der Waals surface area contributed by atoms with Crippen LogP contribution in [0.4, 0.5) is 0 Å². The molecule has 7 heteroatoms. The van der Waals surface area contributed by atoms with Gasteiger partial charge in [-0.05, 0) is 35.2 Å². The van der Waals surface area contributed by atoms with Crippen molar-refractivity contribution in [3.63, 3.8) is 0 Å². The Hall–Kier alpha value is -2.90. The number of carboxylic acid groups (broad SMARTS) is 1. The SMILES string of the molecule is COC[C@H]1C[C@@H](C(=O)O)N(C(O)c2ccc(-c3ccccc3OC)cc2)[C@H]1c1ccccc1Cl. The normalized spacial score (nSPS) is 21.4. The molecule has 1 fully saturated rings. The van der Waals surface area contributed by atoms with E-state index in [9.17, 15) is 15.0 Å². The molecule has 0 saturated carbocycles. The van der Waals surface area contributed by atoms with Gasteiger partial charge in [-0.25, -0.2) is 0 Å². The van der Waals surface area contributed by atoms with Crippen LogP contribution >= 0.6 is 11.6 Å². The summed E-state index contributed by atoms with van der Waals surface area (Å²) in [6.07, 6.45) is -0.800. The second kappa shape index (κ2) is 10.6. The fourth-order valence-electron chi connectivity index (χ4n) is 4.92. The number of benzene rings is 3. The monoisotopic (exact) mass is 481 g/mol. The topological polar surface area (TPSA) is 79.2 Å². The molecule has 6 nitrogen and oxygen atoms in total. The molecule has 0 bridgehead atoms. The van der Waals surface area contributed by atoms with Gasteiger partial charge in [0.2, 0.25) is 0 Å². The van der Waals surface area contributed by atoms with Gasteiger partial charge in [-0.1, -0.05) is 72.3 Å². The van der Waals surface area contributed by atoms with Gasteiger partial charge in [0.15, 0.2) is 0 Å². The highest BCUT2D eigenvalue weighted by Gasteiger charge is 2.48. The number of carbonyl (C=O) groups is 1. The van der Waals surface area contributed by atoms with Crippen LogP contribution in [0, 0.1) is 5.92 Å². The molecule has 3 aromatic carbocycles. The van der Waals surface area contributed by atoms with Crippen molar-refractivity contribution >= 4 is 17.6 Å². The van der Waals surface area contributed by atoms with Crippen LogP contribution in [0.1, 0.15) is 29.8 Å². The number of carboxylic acids is 1. The molecule has 1 saturated heterocycles. The van der Waals surface area contributed by atoms with Gasteiger partial charge in [-0.2, -0.15) is 0 Å². The van der Waals surface area contributed by atoms with Crippen molar-refractivity contribution < 1.29 is 24.5 Å². The number of ether oxygens (including phenoxy) is 2. The highest BCUT2D eigenvalue weighted by Crippen LogP contribution is 2.47. The van der Waals surface area contributed by atoms with Gasteiger partial charge in [0, 0.05) is 29.7 Å². The van der Waals surface area contributed by atoms with Gasteiger partial charge in [-0.3, -0.25) is 9.69 Å². The fourth-order valence-corrected chi connectivity index (χ4v) is 5.17. The van der Waals surface area contributed by atoms with Crippen molar-refractivity contribution in [3.8, 4) is 16.9 Å². The zero-order valence-corrected chi connectivity index (χ0v) is 19.9. The maximum absolute atomic E-state index is 12.2. The van der Waals surface area contributed by atoms with E-state index in [0.29, 0.717) is 23.6 Å². The van der Waals surface area contributed by atoms with E-state index in [1.165, 1.54) is 0 Å². The Morgan fingerprint density at radius 2 is 1.74 bits per heavy atom. The van der Waals surface area contributed by atoms with Gasteiger partial charge >= 0.3 is 5.97 Å². The Balaban J connectivity index is 1.72. The minimum atomic E-state index is -1.14. The van der Waals surface area contributed by atoms with Gasteiger partial charge in [0.05, 0.1) is 13.7 Å². The Labute approximate surface area is 204 Å². The van der Waals surface area contributed by atoms with E-state index in [-0.39, 0.29) is 5.92 Å². The zero-order valence-electron chi connectivity index (χ0n) is 19.1. The number of halogens is 1. The summed E-state index contributed by atoms with van der Waals surface area (Å²) in [5.74, 6) is -0.378. The van der Waals surface area contributed by atoms with E-state index in [0.717, 1.165) is 22.4 Å². The lowest BCUT2D eigenvalue weighted by molar-refractivity contribution is -0.148. The van der Waals surface area contributed by atoms with E-state index in [1.54, 1.807) is 25.2 Å². The molecular weight excluding hydrogens is 454 g/mol. The molecule has 1 unspecified atom stereocenters. The summed E-state index contributed by atoms with van der Waals surface area (Å²) in [7, 11) is 3.22. The summed E-state index contributed by atoms with van der Waals surface area (Å²) >= 11 is 6.52. The van der Waals surface area contributed by atoms with E-state index in [4.69, 9.17) is 21.1 Å². The number of rotatable bonds is 8. The van der Waals surface area contributed by atoms with Crippen molar-refractivity contribution in [2.24, 2.45) is 5.92 Å². The molecule has 0 aromatic heterocycles. The lowest BCUT2D eigenvalue weighted by Gasteiger charge is -2.35. The predicted molar refractivity (Wildman–Crippen MR) is 131 cm³/mol. The van der Waals surface area contributed by atoms with Crippen LogP contribution in [0.25, 0.3) is 11.1 Å². The maximum Gasteiger partial charge on any atom is 0.321 e. The van der Waals surface area contributed by atoms with Crippen LogP contribution < -0.4 is 4.74 Å². The Bertz CT molecular complexity index is 1140. The highest BCUT2D eigenvalue weighted by atomic mass is 35.5. The number of hydrogen-bond donors (Lipinski definition) is 2. The Morgan fingerprint density at radius 3 is 2.38 bits per heavy atom. The number of aliphatic hydroxyl groups is 1. The lowest BCUT2D eigenvalue weighted by Crippen LogP contribution is -2.40.